The molecule has 2 aromatic heterocycles. The number of fused-ring (bicyclic) bond motifs is 4. The smallest absolute Gasteiger partial charge is 0.194 e. The maximum Gasteiger partial charge on any atom is 0.194 e. The molecule has 7 heteroatoms. The summed E-state index contributed by atoms with van der Waals surface area (Å²) in [6, 6.07) is 16.1. The topological polar surface area (TPSA) is 61.0 Å². The number of likely N-dealkylation sites (tertiary alicyclic amines) is 1. The van der Waals surface area contributed by atoms with Gasteiger partial charge in [0.2, 0.25) is 0 Å². The summed E-state index contributed by atoms with van der Waals surface area (Å²) in [5.74, 6) is 0.285. The minimum Gasteiger partial charge on any atom is -0.508 e. The average molecular weight is 524 g/mol. The van der Waals surface area contributed by atoms with E-state index in [0.29, 0.717) is 6.42 Å². The minimum atomic E-state index is -0.848. The molecule has 170 valence electrons. The van der Waals surface area contributed by atoms with Crippen molar-refractivity contribution >= 4 is 33.3 Å². The van der Waals surface area contributed by atoms with Crippen LogP contribution in [-0.2, 0) is 24.7 Å². The lowest BCUT2D eigenvalue weighted by molar-refractivity contribution is -0.144. The molecule has 0 saturated carbocycles. The first-order valence-corrected chi connectivity index (χ1v) is 12.1. The summed E-state index contributed by atoms with van der Waals surface area (Å²) in [5, 5.41) is 22.7. The van der Waals surface area contributed by atoms with Crippen LogP contribution in [0.15, 0.2) is 54.7 Å². The fraction of sp³-hybridized carbons (Fsp3) is 0.346. The van der Waals surface area contributed by atoms with Gasteiger partial charge in [0.05, 0.1) is 11.3 Å². The summed E-state index contributed by atoms with van der Waals surface area (Å²) in [7, 11) is 2.14. The van der Waals surface area contributed by atoms with E-state index in [1.807, 2.05) is 24.3 Å². The second kappa shape index (κ2) is 7.15. The summed E-state index contributed by atoms with van der Waals surface area (Å²) in [5.41, 5.74) is 4.53. The summed E-state index contributed by atoms with van der Waals surface area (Å²) in [6.07, 6.45) is 5.26. The lowest BCUT2D eigenvalue weighted by atomic mass is 9.50. The van der Waals surface area contributed by atoms with Gasteiger partial charge in [-0.15, -0.1) is 28.3 Å². The fourth-order valence-electron chi connectivity index (χ4n) is 6.67. The van der Waals surface area contributed by atoms with Crippen LogP contribution in [0, 0.1) is 0 Å². The molecule has 5 nitrogen and oxygen atoms in total. The number of piperidine rings is 1. The highest BCUT2D eigenvalue weighted by Gasteiger charge is 2.64. The number of hydrogen-bond donors (Lipinski definition) is 2. The van der Waals surface area contributed by atoms with Crippen molar-refractivity contribution in [2.75, 3.05) is 13.6 Å². The van der Waals surface area contributed by atoms with Crippen LogP contribution >= 0.6 is 28.3 Å². The highest BCUT2D eigenvalue weighted by Crippen LogP contribution is 2.58. The Morgan fingerprint density at radius 2 is 1.94 bits per heavy atom. The molecular weight excluding hydrogens is 498 g/mol. The molecule has 2 aromatic carbocycles. The molecule has 33 heavy (non-hydrogen) atoms. The van der Waals surface area contributed by atoms with Gasteiger partial charge in [-0.1, -0.05) is 36.4 Å². The number of thiazole rings is 1. The summed E-state index contributed by atoms with van der Waals surface area (Å²) < 4.78 is 2.25. The van der Waals surface area contributed by atoms with E-state index in [-0.39, 0.29) is 28.8 Å². The number of aromatic nitrogens is 2. The molecule has 0 spiro atoms. The van der Waals surface area contributed by atoms with Crippen LogP contribution in [0.1, 0.15) is 28.1 Å². The van der Waals surface area contributed by atoms with Gasteiger partial charge in [0.15, 0.2) is 4.96 Å². The van der Waals surface area contributed by atoms with Gasteiger partial charge in [-0.05, 0) is 49.7 Å². The molecule has 2 aliphatic carbocycles. The van der Waals surface area contributed by atoms with Crippen molar-refractivity contribution in [2.45, 2.75) is 42.7 Å². The number of nitrogens with zero attached hydrogens (tertiary/aromatic N) is 3. The molecule has 3 heterocycles. The van der Waals surface area contributed by atoms with Crippen LogP contribution in [0.3, 0.4) is 0 Å². The van der Waals surface area contributed by atoms with Gasteiger partial charge in [-0.2, -0.15) is 0 Å². The fourth-order valence-corrected chi connectivity index (χ4v) is 7.87. The van der Waals surface area contributed by atoms with Crippen molar-refractivity contribution < 1.29 is 10.2 Å². The van der Waals surface area contributed by atoms with E-state index in [4.69, 9.17) is 4.98 Å². The van der Waals surface area contributed by atoms with Crippen LogP contribution in [0.4, 0.5) is 0 Å². The molecular formula is C26H26BrN3O2S. The first kappa shape index (κ1) is 21.4. The number of phenols is 1. The number of likely N-dealkylation sites (N-methyl/N-ethyl adjacent to an activating group) is 1. The molecule has 0 radical (unpaired) electrons. The number of aromatic hydroxyl groups is 1. The Bertz CT molecular complexity index is 1380. The molecule has 3 aliphatic rings. The van der Waals surface area contributed by atoms with E-state index in [2.05, 4.69) is 40.7 Å². The van der Waals surface area contributed by atoms with Crippen LogP contribution in [0.5, 0.6) is 5.75 Å². The summed E-state index contributed by atoms with van der Waals surface area (Å²) in [6.45, 7) is 0.948. The normalized spacial score (nSPS) is 28.0. The summed E-state index contributed by atoms with van der Waals surface area (Å²) >= 11 is 1.71. The number of phenolic OH excluding ortho intramolecular Hbond substituents is 1. The highest BCUT2D eigenvalue weighted by molar-refractivity contribution is 8.93. The zero-order valence-electron chi connectivity index (χ0n) is 18.4. The Morgan fingerprint density at radius 1 is 1.12 bits per heavy atom. The number of hydrogen-bond acceptors (Lipinski definition) is 5. The first-order valence-electron chi connectivity index (χ1n) is 11.3. The van der Waals surface area contributed by atoms with Crippen molar-refractivity contribution in [3.63, 3.8) is 0 Å². The lowest BCUT2D eigenvalue weighted by Crippen LogP contribution is -2.73. The third-order valence-corrected chi connectivity index (χ3v) is 9.39. The van der Waals surface area contributed by atoms with Gasteiger partial charge < -0.3 is 15.1 Å². The number of rotatable bonds is 1. The largest absolute Gasteiger partial charge is 0.508 e. The Labute approximate surface area is 207 Å². The van der Waals surface area contributed by atoms with Crippen LogP contribution < -0.4 is 0 Å². The molecule has 1 saturated heterocycles. The lowest BCUT2D eigenvalue weighted by Gasteiger charge is -2.62. The van der Waals surface area contributed by atoms with Crippen LogP contribution in [-0.4, -0.2) is 49.7 Å². The minimum absolute atomic E-state index is 0. The third-order valence-electron chi connectivity index (χ3n) is 8.30. The van der Waals surface area contributed by atoms with Crippen molar-refractivity contribution in [3.8, 4) is 17.0 Å². The molecule has 7 rings (SSSR count). The van der Waals surface area contributed by atoms with Crippen LogP contribution in [0.2, 0.25) is 0 Å². The van der Waals surface area contributed by atoms with Gasteiger partial charge in [-0.3, -0.25) is 4.40 Å². The van der Waals surface area contributed by atoms with E-state index in [1.165, 1.54) is 16.1 Å². The maximum absolute atomic E-state index is 12.4. The number of halogens is 1. The second-order valence-corrected chi connectivity index (χ2v) is 10.8. The van der Waals surface area contributed by atoms with Crippen molar-refractivity contribution in [2.24, 2.45) is 0 Å². The Kier molecular flexibility index (Phi) is 4.63. The molecule has 1 fully saturated rings. The molecule has 0 unspecified atom stereocenters. The maximum atomic E-state index is 12.4. The van der Waals surface area contributed by atoms with Crippen molar-refractivity contribution in [1.29, 1.82) is 0 Å². The quantitative estimate of drug-likeness (QED) is 0.388. The molecule has 2 bridgehead atoms. The Morgan fingerprint density at radius 3 is 2.76 bits per heavy atom. The van der Waals surface area contributed by atoms with Crippen molar-refractivity contribution in [1.82, 2.24) is 14.3 Å². The number of imidazole rings is 1. The molecule has 4 aromatic rings. The zero-order valence-corrected chi connectivity index (χ0v) is 20.9. The standard InChI is InChI=1S/C26H25N3O2S.BrH/c1-28-10-9-25-13-21-22(32-24-27-20(15-29(21)24)16-5-3-2-4-6-16)14-26(25,31)23(28)11-17-7-8-18(30)12-19(17)25;/h2-8,12,15,23,30-31H,9-11,13-14H2,1H3;1H/t23-,25-,26-;/m1./s1. The van der Waals surface area contributed by atoms with Gasteiger partial charge >= 0.3 is 0 Å². The van der Waals surface area contributed by atoms with Gasteiger partial charge in [0.25, 0.3) is 0 Å². The van der Waals surface area contributed by atoms with Gasteiger partial charge in [0, 0.05) is 46.6 Å². The van der Waals surface area contributed by atoms with E-state index in [0.717, 1.165) is 47.6 Å². The summed E-state index contributed by atoms with van der Waals surface area (Å²) in [4.78, 5) is 9.51. The van der Waals surface area contributed by atoms with E-state index >= 15 is 0 Å². The molecule has 3 atom stereocenters. The third kappa shape index (κ3) is 2.74. The SMILES string of the molecule is Br.CN1CC[C@]23Cc4c(sc5nc(-c6ccccc6)cn45)C[C@@]2(O)[C@H]1Cc1ccc(O)cc13. The number of aliphatic hydroxyl groups is 1. The Balaban J connectivity index is 0.00000206. The van der Waals surface area contributed by atoms with E-state index in [9.17, 15) is 10.2 Å². The van der Waals surface area contributed by atoms with E-state index < -0.39 is 11.0 Å². The monoisotopic (exact) mass is 523 g/mol. The van der Waals surface area contributed by atoms with Crippen molar-refractivity contribution in [3.05, 3.63) is 76.4 Å². The predicted octanol–water partition coefficient (Wildman–Crippen LogP) is 4.37. The highest BCUT2D eigenvalue weighted by atomic mass is 79.9. The molecule has 0 amide bonds. The molecule has 1 aliphatic heterocycles. The van der Waals surface area contributed by atoms with Gasteiger partial charge in [-0.25, -0.2) is 4.98 Å². The average Bonchev–Trinajstić information content (AvgIpc) is 3.33. The molecule has 2 N–H and O–H groups in total. The predicted molar refractivity (Wildman–Crippen MR) is 136 cm³/mol. The van der Waals surface area contributed by atoms with Gasteiger partial charge in [0.1, 0.15) is 5.75 Å². The zero-order chi connectivity index (χ0) is 21.7. The second-order valence-electron chi connectivity index (χ2n) is 9.77. The van der Waals surface area contributed by atoms with Crippen LogP contribution in [0.25, 0.3) is 16.2 Å². The Hall–Kier alpha value is -2.19. The van der Waals surface area contributed by atoms with E-state index in [1.54, 1.807) is 17.4 Å². The number of benzene rings is 2. The first-order chi connectivity index (χ1) is 15.5.